The van der Waals surface area contributed by atoms with Gasteiger partial charge in [-0.3, -0.25) is 0 Å². The Labute approximate surface area is 131 Å². The van der Waals surface area contributed by atoms with Crippen molar-refractivity contribution in [1.82, 2.24) is 0 Å². The Morgan fingerprint density at radius 1 is 1.09 bits per heavy atom. The highest BCUT2D eigenvalue weighted by atomic mass is 35.5. The number of hydrogen-bond acceptors (Lipinski definition) is 3. The summed E-state index contributed by atoms with van der Waals surface area (Å²) in [5.41, 5.74) is -1.44. The first kappa shape index (κ1) is 17.0. The quantitative estimate of drug-likeness (QED) is 0.356. The molecule has 3 nitrogen and oxygen atoms in total. The van der Waals surface area contributed by atoms with Gasteiger partial charge in [-0.25, -0.2) is 8.78 Å². The molecule has 2 rings (SSSR count). The lowest BCUT2D eigenvalue weighted by Crippen LogP contribution is -2.06. The highest BCUT2D eigenvalue weighted by Gasteiger charge is 2.32. The number of ether oxygens (including phenoxy) is 1. The molecule has 0 saturated heterocycles. The number of hydrogen-bond donors (Lipinski definition) is 1. The van der Waals surface area contributed by atoms with Gasteiger partial charge in [0.15, 0.2) is 11.6 Å². The van der Waals surface area contributed by atoms with Crippen molar-refractivity contribution in [3.63, 3.8) is 0 Å². The van der Waals surface area contributed by atoms with Crippen LogP contribution >= 0.6 is 11.6 Å². The van der Waals surface area contributed by atoms with Crippen molar-refractivity contribution in [2.45, 2.75) is 6.18 Å². The van der Waals surface area contributed by atoms with Crippen LogP contribution < -0.4 is 4.74 Å². The van der Waals surface area contributed by atoms with E-state index < -0.39 is 34.1 Å². The summed E-state index contributed by atoms with van der Waals surface area (Å²) in [5, 5.41) is 10.4. The van der Waals surface area contributed by atoms with E-state index in [0.717, 1.165) is 24.4 Å². The number of oxime groups is 1. The highest BCUT2D eigenvalue weighted by molar-refractivity contribution is 6.32. The first-order valence-electron chi connectivity index (χ1n) is 5.93. The van der Waals surface area contributed by atoms with E-state index in [0.29, 0.717) is 6.07 Å². The first-order valence-corrected chi connectivity index (χ1v) is 6.31. The number of rotatable bonds is 3. The average Bonchev–Trinajstić information content (AvgIpc) is 2.45. The molecule has 0 heterocycles. The minimum absolute atomic E-state index is 0.109. The van der Waals surface area contributed by atoms with E-state index in [4.69, 9.17) is 21.5 Å². The van der Waals surface area contributed by atoms with Crippen molar-refractivity contribution in [3.05, 3.63) is 58.1 Å². The van der Waals surface area contributed by atoms with Crippen molar-refractivity contribution in [2.75, 3.05) is 0 Å². The van der Waals surface area contributed by atoms with Crippen molar-refractivity contribution in [2.24, 2.45) is 5.16 Å². The average molecular weight is 352 g/mol. The van der Waals surface area contributed by atoms with Gasteiger partial charge >= 0.3 is 6.18 Å². The fourth-order valence-corrected chi connectivity index (χ4v) is 1.93. The molecule has 122 valence electrons. The maximum atomic E-state index is 13.8. The van der Waals surface area contributed by atoms with Crippen molar-refractivity contribution >= 4 is 17.8 Å². The molecule has 2 aromatic carbocycles. The molecule has 0 aliphatic carbocycles. The van der Waals surface area contributed by atoms with Gasteiger partial charge in [-0.1, -0.05) is 16.8 Å². The highest BCUT2D eigenvalue weighted by Crippen LogP contribution is 2.38. The molecule has 0 saturated carbocycles. The minimum atomic E-state index is -4.76. The lowest BCUT2D eigenvalue weighted by molar-refractivity contribution is -0.137. The van der Waals surface area contributed by atoms with Gasteiger partial charge in [-0.15, -0.1) is 0 Å². The fourth-order valence-electron chi connectivity index (χ4n) is 1.69. The number of halogens is 6. The van der Waals surface area contributed by atoms with Gasteiger partial charge in [-0.05, 0) is 30.3 Å². The molecule has 23 heavy (non-hydrogen) atoms. The molecule has 0 atom stereocenters. The summed E-state index contributed by atoms with van der Waals surface area (Å²) in [5.74, 6) is -2.82. The van der Waals surface area contributed by atoms with E-state index >= 15 is 0 Å². The Bertz CT molecular complexity index is 738. The van der Waals surface area contributed by atoms with Gasteiger partial charge in [0.25, 0.3) is 0 Å². The molecule has 2 aromatic rings. The molecular formula is C14H7ClF5NO2. The number of benzene rings is 2. The van der Waals surface area contributed by atoms with Gasteiger partial charge in [0.05, 0.1) is 16.8 Å². The van der Waals surface area contributed by atoms with Crippen LogP contribution in [0.3, 0.4) is 0 Å². The summed E-state index contributed by atoms with van der Waals surface area (Å²) in [6.07, 6.45) is -3.99. The van der Waals surface area contributed by atoms with Crippen LogP contribution in [0.1, 0.15) is 11.1 Å². The maximum absolute atomic E-state index is 13.8. The standard InChI is InChI=1S/C14H7ClF5NO2/c15-10-4-8(14(18,19)20)5-12(17)13(10)23-9-1-2-11(16)7(3-9)6-21-22/h1-6,22H. The van der Waals surface area contributed by atoms with Gasteiger partial charge < -0.3 is 9.94 Å². The van der Waals surface area contributed by atoms with Crippen LogP contribution in [-0.4, -0.2) is 11.4 Å². The summed E-state index contributed by atoms with van der Waals surface area (Å²) in [7, 11) is 0. The van der Waals surface area contributed by atoms with E-state index in [-0.39, 0.29) is 17.4 Å². The molecule has 0 fully saturated rings. The number of nitrogens with zero attached hydrogens (tertiary/aromatic N) is 1. The van der Waals surface area contributed by atoms with E-state index in [2.05, 4.69) is 5.16 Å². The molecule has 9 heteroatoms. The monoisotopic (exact) mass is 351 g/mol. The van der Waals surface area contributed by atoms with Gasteiger partial charge in [0, 0.05) is 5.56 Å². The topological polar surface area (TPSA) is 41.8 Å². The normalized spacial score (nSPS) is 11.9. The van der Waals surface area contributed by atoms with Crippen molar-refractivity contribution in [1.29, 1.82) is 0 Å². The second-order valence-corrected chi connectivity index (χ2v) is 4.70. The van der Waals surface area contributed by atoms with Crippen LogP contribution in [0.5, 0.6) is 11.5 Å². The molecule has 0 aliphatic rings. The summed E-state index contributed by atoms with van der Waals surface area (Å²) in [6.45, 7) is 0. The summed E-state index contributed by atoms with van der Waals surface area (Å²) >= 11 is 5.62. The van der Waals surface area contributed by atoms with Gasteiger partial charge in [0.1, 0.15) is 11.6 Å². The summed E-state index contributed by atoms with van der Waals surface area (Å²) in [6, 6.07) is 3.86. The molecule has 0 spiro atoms. The third-order valence-electron chi connectivity index (χ3n) is 2.71. The fraction of sp³-hybridized carbons (Fsp3) is 0.0714. The van der Waals surface area contributed by atoms with E-state index in [1.165, 1.54) is 0 Å². The van der Waals surface area contributed by atoms with Crippen molar-refractivity contribution < 1.29 is 31.9 Å². The van der Waals surface area contributed by atoms with Crippen LogP contribution in [0, 0.1) is 11.6 Å². The van der Waals surface area contributed by atoms with Gasteiger partial charge in [0.2, 0.25) is 0 Å². The summed E-state index contributed by atoms with van der Waals surface area (Å²) in [4.78, 5) is 0. The van der Waals surface area contributed by atoms with Crippen LogP contribution in [0.15, 0.2) is 35.5 Å². The molecule has 0 amide bonds. The number of alkyl halides is 3. The van der Waals surface area contributed by atoms with E-state index in [9.17, 15) is 22.0 Å². The lowest BCUT2D eigenvalue weighted by atomic mass is 10.2. The largest absolute Gasteiger partial charge is 0.453 e. The lowest BCUT2D eigenvalue weighted by Gasteiger charge is -2.12. The predicted octanol–water partition coefficient (Wildman–Crippen LogP) is 5.24. The Morgan fingerprint density at radius 3 is 2.35 bits per heavy atom. The molecular weight excluding hydrogens is 345 g/mol. The van der Waals surface area contributed by atoms with Crippen molar-refractivity contribution in [3.8, 4) is 11.5 Å². The Balaban J connectivity index is 2.39. The molecule has 0 aliphatic heterocycles. The first-order chi connectivity index (χ1) is 10.7. The Hall–Kier alpha value is -2.35. The Kier molecular flexibility index (Phi) is 4.74. The van der Waals surface area contributed by atoms with Crippen LogP contribution in [0.25, 0.3) is 0 Å². The zero-order valence-electron chi connectivity index (χ0n) is 11.0. The minimum Gasteiger partial charge on any atom is -0.453 e. The van der Waals surface area contributed by atoms with Crippen LogP contribution in [0.2, 0.25) is 5.02 Å². The molecule has 0 bridgehead atoms. The van der Waals surface area contributed by atoms with Crippen LogP contribution in [-0.2, 0) is 6.18 Å². The molecule has 0 aromatic heterocycles. The molecule has 0 unspecified atom stereocenters. The van der Waals surface area contributed by atoms with E-state index in [1.54, 1.807) is 0 Å². The molecule has 1 N–H and O–H groups in total. The smallest absolute Gasteiger partial charge is 0.416 e. The van der Waals surface area contributed by atoms with Gasteiger partial charge in [-0.2, -0.15) is 13.2 Å². The molecule has 0 radical (unpaired) electrons. The van der Waals surface area contributed by atoms with E-state index in [1.807, 2.05) is 0 Å². The third kappa shape index (κ3) is 3.89. The Morgan fingerprint density at radius 2 is 1.78 bits per heavy atom. The zero-order valence-corrected chi connectivity index (χ0v) is 11.8. The second-order valence-electron chi connectivity index (χ2n) is 4.30. The zero-order chi connectivity index (χ0) is 17.2. The SMILES string of the molecule is ON=Cc1cc(Oc2c(F)cc(C(F)(F)F)cc2Cl)ccc1F. The third-order valence-corrected chi connectivity index (χ3v) is 2.99. The second kappa shape index (κ2) is 6.41. The predicted molar refractivity (Wildman–Crippen MR) is 72.3 cm³/mol. The van der Waals surface area contributed by atoms with Crippen LogP contribution in [0.4, 0.5) is 22.0 Å². The summed E-state index contributed by atoms with van der Waals surface area (Å²) < 4.78 is 69.9. The maximum Gasteiger partial charge on any atom is 0.416 e.